The number of nitrogens with one attached hydrogen (secondary N) is 1. The first-order valence-electron chi connectivity index (χ1n) is 10.3. The zero-order chi connectivity index (χ0) is 22.2. The lowest BCUT2D eigenvalue weighted by atomic mass is 10.1. The molecule has 1 unspecified atom stereocenters. The van der Waals surface area contributed by atoms with E-state index in [4.69, 9.17) is 26.1 Å². The predicted molar refractivity (Wildman–Crippen MR) is 131 cm³/mol. The average Bonchev–Trinajstić information content (AvgIpc) is 3.13. The number of halogens is 2. The second-order valence-corrected chi connectivity index (χ2v) is 15.7. The van der Waals surface area contributed by atoms with Gasteiger partial charge in [0.05, 0.1) is 46.7 Å². The second-order valence-electron chi connectivity index (χ2n) is 8.87. The zero-order valence-electron chi connectivity index (χ0n) is 18.2. The van der Waals surface area contributed by atoms with Gasteiger partial charge in [-0.15, -0.1) is 0 Å². The van der Waals surface area contributed by atoms with E-state index in [2.05, 4.69) is 57.7 Å². The van der Waals surface area contributed by atoms with Gasteiger partial charge in [0.25, 0.3) is 0 Å². The van der Waals surface area contributed by atoms with Gasteiger partial charge >= 0.3 is 0 Å². The first-order chi connectivity index (χ1) is 14.7. The van der Waals surface area contributed by atoms with E-state index in [1.807, 2.05) is 35.4 Å². The number of hydrogen-bond acceptors (Lipinski definition) is 6. The summed E-state index contributed by atoms with van der Waals surface area (Å²) in [5.74, 6) is 1.51. The average molecular weight is 525 g/mol. The van der Waals surface area contributed by atoms with E-state index >= 15 is 0 Å². The Hall–Kier alpha value is -1.81. The SMILES string of the molecule is CC(c1cncn1COCC[Si](C)(C)C)N1C=C(Br)Oc2ccc(Cl)c3c2C1=NCN3. The molecular formula is C21H27BrClN5O2Si. The lowest BCUT2D eigenvalue weighted by Crippen LogP contribution is -2.33. The fourth-order valence-corrected chi connectivity index (χ4v) is 4.96. The van der Waals surface area contributed by atoms with Crippen LogP contribution in [0, 0.1) is 0 Å². The largest absolute Gasteiger partial charge is 0.448 e. The highest BCUT2D eigenvalue weighted by Crippen LogP contribution is 2.41. The van der Waals surface area contributed by atoms with Crippen LogP contribution in [-0.2, 0) is 11.5 Å². The summed E-state index contributed by atoms with van der Waals surface area (Å²) in [6.45, 7) is 10.9. The van der Waals surface area contributed by atoms with Crippen molar-refractivity contribution in [1.29, 1.82) is 0 Å². The van der Waals surface area contributed by atoms with E-state index in [0.717, 1.165) is 35.4 Å². The second kappa shape index (κ2) is 8.97. The minimum Gasteiger partial charge on any atom is -0.448 e. The molecule has 1 aromatic carbocycles. The highest BCUT2D eigenvalue weighted by atomic mass is 79.9. The minimum atomic E-state index is -1.12. The number of aromatic nitrogens is 2. The van der Waals surface area contributed by atoms with Crippen LogP contribution in [0.25, 0.3) is 0 Å². The van der Waals surface area contributed by atoms with Gasteiger partial charge in [-0.05, 0) is 41.0 Å². The molecule has 2 aliphatic rings. The first kappa shape index (κ1) is 22.4. The molecule has 31 heavy (non-hydrogen) atoms. The Morgan fingerprint density at radius 3 is 2.94 bits per heavy atom. The van der Waals surface area contributed by atoms with E-state index in [9.17, 15) is 0 Å². The molecule has 0 radical (unpaired) electrons. The Morgan fingerprint density at radius 1 is 1.35 bits per heavy atom. The summed E-state index contributed by atoms with van der Waals surface area (Å²) in [6.07, 6.45) is 5.60. The van der Waals surface area contributed by atoms with Crippen molar-refractivity contribution in [3.63, 3.8) is 0 Å². The van der Waals surface area contributed by atoms with E-state index in [-0.39, 0.29) is 6.04 Å². The summed E-state index contributed by atoms with van der Waals surface area (Å²) in [4.78, 5) is 11.2. The minimum absolute atomic E-state index is 0.0612. The normalized spacial score (nSPS) is 16.5. The molecule has 10 heteroatoms. The molecule has 0 fully saturated rings. The molecule has 1 aromatic heterocycles. The maximum atomic E-state index is 6.46. The Labute approximate surface area is 197 Å². The zero-order valence-corrected chi connectivity index (χ0v) is 21.5. The number of hydrogen-bond donors (Lipinski definition) is 1. The van der Waals surface area contributed by atoms with Gasteiger partial charge in [0.15, 0.2) is 4.67 Å². The molecule has 4 rings (SSSR count). The maximum absolute atomic E-state index is 6.46. The molecule has 0 aliphatic carbocycles. The fraction of sp³-hybridized carbons (Fsp3) is 0.429. The van der Waals surface area contributed by atoms with Crippen LogP contribution >= 0.6 is 27.5 Å². The summed E-state index contributed by atoms with van der Waals surface area (Å²) in [6, 6.07) is 4.77. The van der Waals surface area contributed by atoms with Crippen LogP contribution in [0.2, 0.25) is 30.7 Å². The van der Waals surface area contributed by atoms with E-state index in [1.54, 1.807) is 0 Å². The molecular weight excluding hydrogens is 498 g/mol. The van der Waals surface area contributed by atoms with Crippen LogP contribution < -0.4 is 10.1 Å². The molecule has 1 N–H and O–H groups in total. The Balaban J connectivity index is 1.61. The molecule has 166 valence electrons. The third-order valence-corrected chi connectivity index (χ3v) is 7.72. The Morgan fingerprint density at radius 2 is 2.16 bits per heavy atom. The number of rotatable bonds is 7. The number of imidazole rings is 1. The number of ether oxygens (including phenoxy) is 2. The van der Waals surface area contributed by atoms with Gasteiger partial charge in [-0.1, -0.05) is 31.2 Å². The molecule has 2 aliphatic heterocycles. The monoisotopic (exact) mass is 523 g/mol. The first-order valence-corrected chi connectivity index (χ1v) is 15.1. The van der Waals surface area contributed by atoms with Crippen molar-refractivity contribution in [2.24, 2.45) is 4.99 Å². The van der Waals surface area contributed by atoms with Crippen molar-refractivity contribution in [2.75, 3.05) is 18.6 Å². The summed E-state index contributed by atoms with van der Waals surface area (Å²) in [5, 5.41) is 3.91. The summed E-state index contributed by atoms with van der Waals surface area (Å²) >= 11 is 9.99. The molecule has 0 amide bonds. The van der Waals surface area contributed by atoms with Gasteiger partial charge in [-0.3, -0.25) is 0 Å². The van der Waals surface area contributed by atoms with Crippen LogP contribution in [0.4, 0.5) is 5.69 Å². The fourth-order valence-electron chi connectivity index (χ4n) is 3.59. The van der Waals surface area contributed by atoms with Gasteiger partial charge in [-0.25, -0.2) is 9.98 Å². The van der Waals surface area contributed by atoms with Crippen molar-refractivity contribution in [3.8, 4) is 5.75 Å². The molecule has 0 saturated carbocycles. The van der Waals surface area contributed by atoms with Crippen LogP contribution in [-0.4, -0.2) is 41.6 Å². The lowest BCUT2D eigenvalue weighted by Gasteiger charge is -2.31. The molecule has 3 heterocycles. The van der Waals surface area contributed by atoms with Crippen LogP contribution in [0.3, 0.4) is 0 Å². The van der Waals surface area contributed by atoms with Crippen molar-refractivity contribution in [3.05, 3.63) is 51.8 Å². The third-order valence-electron chi connectivity index (χ3n) is 5.33. The highest BCUT2D eigenvalue weighted by Gasteiger charge is 2.32. The van der Waals surface area contributed by atoms with Crippen LogP contribution in [0.1, 0.15) is 24.2 Å². The molecule has 7 nitrogen and oxygen atoms in total. The molecule has 0 saturated heterocycles. The van der Waals surface area contributed by atoms with Gasteiger partial charge in [0.2, 0.25) is 0 Å². The standard InChI is InChI=1S/C21H27BrClN5O2Si/c1-14(16-9-24-12-27(16)13-29-7-8-31(2,3)4)28-10-18(22)30-17-6-5-15(23)20-19(17)21(28)26-11-25-20/h5-6,9-10,12,14,25H,7-8,11,13H2,1-4H3. The summed E-state index contributed by atoms with van der Waals surface area (Å²) in [7, 11) is -1.12. The molecule has 1 atom stereocenters. The van der Waals surface area contributed by atoms with Gasteiger partial charge < -0.3 is 24.3 Å². The molecule has 0 bridgehead atoms. The highest BCUT2D eigenvalue weighted by molar-refractivity contribution is 9.11. The van der Waals surface area contributed by atoms with E-state index in [0.29, 0.717) is 28.8 Å². The lowest BCUT2D eigenvalue weighted by molar-refractivity contribution is 0.0835. The molecule has 0 spiro atoms. The predicted octanol–water partition coefficient (Wildman–Crippen LogP) is 5.63. The van der Waals surface area contributed by atoms with Gasteiger partial charge in [0.1, 0.15) is 25.0 Å². The number of benzene rings is 1. The van der Waals surface area contributed by atoms with Crippen molar-refractivity contribution in [1.82, 2.24) is 14.5 Å². The topological polar surface area (TPSA) is 63.9 Å². The number of anilines is 1. The van der Waals surface area contributed by atoms with Gasteiger partial charge in [0, 0.05) is 14.7 Å². The Kier molecular flexibility index (Phi) is 6.48. The Bertz CT molecular complexity index is 1030. The van der Waals surface area contributed by atoms with Crippen LogP contribution in [0.5, 0.6) is 5.75 Å². The van der Waals surface area contributed by atoms with Crippen molar-refractivity contribution in [2.45, 2.75) is 45.4 Å². The summed E-state index contributed by atoms with van der Waals surface area (Å²) in [5.41, 5.74) is 2.71. The number of nitrogens with zero attached hydrogens (tertiary/aromatic N) is 4. The van der Waals surface area contributed by atoms with E-state index in [1.165, 1.54) is 0 Å². The maximum Gasteiger partial charge on any atom is 0.185 e. The summed E-state index contributed by atoms with van der Waals surface area (Å²) < 4.78 is 14.6. The van der Waals surface area contributed by atoms with Gasteiger partial charge in [-0.2, -0.15) is 0 Å². The van der Waals surface area contributed by atoms with E-state index < -0.39 is 8.07 Å². The van der Waals surface area contributed by atoms with Crippen LogP contribution in [0.15, 0.2) is 40.5 Å². The number of amidine groups is 1. The third kappa shape index (κ3) is 4.84. The van der Waals surface area contributed by atoms with Crippen molar-refractivity contribution >= 4 is 47.1 Å². The quantitative estimate of drug-likeness (QED) is 0.376. The smallest absolute Gasteiger partial charge is 0.185 e. The van der Waals surface area contributed by atoms with Crippen molar-refractivity contribution < 1.29 is 9.47 Å². The molecule has 2 aromatic rings. The number of aliphatic imine (C=N–C) groups is 1.